The van der Waals surface area contributed by atoms with Gasteiger partial charge in [0.2, 0.25) is 0 Å². The van der Waals surface area contributed by atoms with Crippen molar-refractivity contribution in [3.63, 3.8) is 0 Å². The van der Waals surface area contributed by atoms with E-state index < -0.39 is 11.7 Å². The van der Waals surface area contributed by atoms with Gasteiger partial charge in [0.1, 0.15) is 5.82 Å². The van der Waals surface area contributed by atoms with Crippen LogP contribution in [-0.4, -0.2) is 19.0 Å². The lowest BCUT2D eigenvalue weighted by molar-refractivity contribution is 0.102. The summed E-state index contributed by atoms with van der Waals surface area (Å²) in [6.07, 6.45) is 2.35. The third-order valence-corrected chi connectivity index (χ3v) is 4.35. The number of anilines is 1. The summed E-state index contributed by atoms with van der Waals surface area (Å²) >= 11 is 5.70. The second-order valence-corrected chi connectivity index (χ2v) is 6.18. The molecule has 6 heteroatoms. The molecular weight excluding hydrogens is 350 g/mol. The predicted molar refractivity (Wildman–Crippen MR) is 97.9 cm³/mol. The van der Waals surface area contributed by atoms with Crippen molar-refractivity contribution in [2.45, 2.75) is 18.8 Å². The Labute approximate surface area is 152 Å². The highest BCUT2D eigenvalue weighted by Crippen LogP contribution is 2.24. The molecule has 2 aromatic rings. The van der Waals surface area contributed by atoms with Crippen molar-refractivity contribution in [1.82, 2.24) is 5.32 Å². The van der Waals surface area contributed by atoms with Crippen molar-refractivity contribution < 1.29 is 9.18 Å². The Morgan fingerprint density at radius 2 is 1.96 bits per heavy atom. The van der Waals surface area contributed by atoms with Crippen molar-refractivity contribution in [3.05, 3.63) is 64.4 Å². The van der Waals surface area contributed by atoms with Gasteiger partial charge in [-0.1, -0.05) is 23.7 Å². The minimum Gasteiger partial charge on any atom is -0.322 e. The van der Waals surface area contributed by atoms with Crippen LogP contribution in [0.25, 0.3) is 0 Å². The number of rotatable bonds is 3. The molecule has 1 amide bonds. The van der Waals surface area contributed by atoms with Gasteiger partial charge in [0, 0.05) is 17.3 Å². The van der Waals surface area contributed by atoms with Gasteiger partial charge in [-0.25, -0.2) is 4.39 Å². The van der Waals surface area contributed by atoms with Gasteiger partial charge in [0.25, 0.3) is 5.91 Å². The molecule has 2 aromatic carbocycles. The molecule has 128 valence electrons. The molecule has 0 aliphatic carbocycles. The fourth-order valence-electron chi connectivity index (χ4n) is 2.85. The number of hydrogen-bond acceptors (Lipinski definition) is 2. The fraction of sp³-hybridized carbons (Fsp3) is 0.278. The standard InChI is InChI=1S/C18H18ClFN2O.ClH/c19-14-5-8-16(17(20)10-14)18(23)22-15-6-3-12(4-7-15)13-2-1-9-21-11-13;/h3-8,10,13,21H,1-2,9,11H2,(H,22,23);1H. The van der Waals surface area contributed by atoms with Crippen LogP contribution in [0.4, 0.5) is 10.1 Å². The normalized spacial score (nSPS) is 17.0. The molecule has 1 atom stereocenters. The van der Waals surface area contributed by atoms with Gasteiger partial charge in [-0.3, -0.25) is 4.79 Å². The highest BCUT2D eigenvalue weighted by molar-refractivity contribution is 6.30. The van der Waals surface area contributed by atoms with Crippen molar-refractivity contribution in [2.75, 3.05) is 18.4 Å². The number of benzene rings is 2. The number of nitrogens with one attached hydrogen (secondary N) is 2. The van der Waals surface area contributed by atoms with Crippen LogP contribution in [-0.2, 0) is 0 Å². The summed E-state index contributed by atoms with van der Waals surface area (Å²) in [7, 11) is 0. The molecule has 0 spiro atoms. The van der Waals surface area contributed by atoms with E-state index in [1.807, 2.05) is 24.3 Å². The summed E-state index contributed by atoms with van der Waals surface area (Å²) < 4.78 is 13.8. The zero-order valence-electron chi connectivity index (χ0n) is 13.0. The Balaban J connectivity index is 0.00000208. The fourth-order valence-corrected chi connectivity index (χ4v) is 3.01. The first-order valence-electron chi connectivity index (χ1n) is 7.70. The summed E-state index contributed by atoms with van der Waals surface area (Å²) in [4.78, 5) is 12.1. The molecule has 0 aromatic heterocycles. The number of piperidine rings is 1. The summed E-state index contributed by atoms with van der Waals surface area (Å²) in [5.74, 6) is -0.589. The average molecular weight is 369 g/mol. The van der Waals surface area contributed by atoms with Gasteiger partial charge in [0.15, 0.2) is 0 Å². The highest BCUT2D eigenvalue weighted by atomic mass is 35.5. The van der Waals surface area contributed by atoms with Gasteiger partial charge < -0.3 is 10.6 Å². The molecule has 3 nitrogen and oxygen atoms in total. The van der Waals surface area contributed by atoms with Gasteiger partial charge in [-0.2, -0.15) is 0 Å². The second kappa shape index (κ2) is 8.47. The highest BCUT2D eigenvalue weighted by Gasteiger charge is 2.16. The molecule has 1 aliphatic rings. The lowest BCUT2D eigenvalue weighted by Gasteiger charge is -2.23. The van der Waals surface area contributed by atoms with E-state index in [0.717, 1.165) is 19.2 Å². The van der Waals surface area contributed by atoms with Crippen LogP contribution in [0.2, 0.25) is 5.02 Å². The van der Waals surface area contributed by atoms with E-state index in [0.29, 0.717) is 11.6 Å². The van der Waals surface area contributed by atoms with Gasteiger partial charge in [-0.15, -0.1) is 12.4 Å². The summed E-state index contributed by atoms with van der Waals surface area (Å²) in [5, 5.41) is 6.37. The van der Waals surface area contributed by atoms with Crippen molar-refractivity contribution in [3.8, 4) is 0 Å². The first-order chi connectivity index (χ1) is 11.1. The maximum absolute atomic E-state index is 13.8. The maximum Gasteiger partial charge on any atom is 0.258 e. The van der Waals surface area contributed by atoms with Gasteiger partial charge in [-0.05, 0) is 61.2 Å². The van der Waals surface area contributed by atoms with E-state index in [9.17, 15) is 9.18 Å². The zero-order valence-corrected chi connectivity index (χ0v) is 14.6. The Morgan fingerprint density at radius 1 is 1.21 bits per heavy atom. The maximum atomic E-state index is 13.8. The topological polar surface area (TPSA) is 41.1 Å². The molecule has 0 radical (unpaired) electrons. The quantitative estimate of drug-likeness (QED) is 0.829. The molecule has 0 bridgehead atoms. The molecule has 1 fully saturated rings. The number of hydrogen-bond donors (Lipinski definition) is 2. The second-order valence-electron chi connectivity index (χ2n) is 5.74. The molecule has 1 heterocycles. The lowest BCUT2D eigenvalue weighted by Crippen LogP contribution is -2.28. The minimum absolute atomic E-state index is 0. The first-order valence-corrected chi connectivity index (χ1v) is 8.08. The Kier molecular flexibility index (Phi) is 6.60. The number of halogens is 3. The predicted octanol–water partition coefficient (Wildman–Crippen LogP) is 4.62. The molecular formula is C18H19Cl2FN2O. The van der Waals surface area contributed by atoms with Crippen LogP contribution in [0.3, 0.4) is 0 Å². The van der Waals surface area contributed by atoms with Crippen molar-refractivity contribution in [1.29, 1.82) is 0 Å². The van der Waals surface area contributed by atoms with Crippen LogP contribution < -0.4 is 10.6 Å². The molecule has 3 rings (SSSR count). The van der Waals surface area contributed by atoms with Crippen molar-refractivity contribution in [2.24, 2.45) is 0 Å². The van der Waals surface area contributed by atoms with E-state index in [4.69, 9.17) is 11.6 Å². The average Bonchev–Trinajstić information content (AvgIpc) is 2.56. The van der Waals surface area contributed by atoms with Crippen LogP contribution in [0, 0.1) is 5.82 Å². The first kappa shape index (κ1) is 18.7. The van der Waals surface area contributed by atoms with Crippen LogP contribution in [0.15, 0.2) is 42.5 Å². The smallest absolute Gasteiger partial charge is 0.258 e. The molecule has 1 unspecified atom stereocenters. The van der Waals surface area contributed by atoms with Crippen molar-refractivity contribution >= 4 is 35.6 Å². The Bertz CT molecular complexity index is 701. The van der Waals surface area contributed by atoms with Crippen LogP contribution in [0.1, 0.15) is 34.7 Å². The molecule has 24 heavy (non-hydrogen) atoms. The Morgan fingerprint density at radius 3 is 2.58 bits per heavy atom. The zero-order chi connectivity index (χ0) is 16.2. The monoisotopic (exact) mass is 368 g/mol. The van der Waals surface area contributed by atoms with Crippen LogP contribution in [0.5, 0.6) is 0 Å². The van der Waals surface area contributed by atoms with Gasteiger partial charge in [0.05, 0.1) is 5.56 Å². The van der Waals surface area contributed by atoms with E-state index >= 15 is 0 Å². The van der Waals surface area contributed by atoms with E-state index in [-0.39, 0.29) is 23.0 Å². The summed E-state index contributed by atoms with van der Waals surface area (Å²) in [6, 6.07) is 11.8. The van der Waals surface area contributed by atoms with E-state index in [1.165, 1.54) is 30.5 Å². The number of carbonyl (C=O) groups excluding carboxylic acids is 1. The largest absolute Gasteiger partial charge is 0.322 e. The van der Waals surface area contributed by atoms with E-state index in [1.54, 1.807) is 0 Å². The van der Waals surface area contributed by atoms with Gasteiger partial charge >= 0.3 is 0 Å². The SMILES string of the molecule is Cl.O=C(Nc1ccc(C2CCCNC2)cc1)c1ccc(Cl)cc1F. The third-order valence-electron chi connectivity index (χ3n) is 4.11. The third kappa shape index (κ3) is 4.47. The molecule has 1 saturated heterocycles. The number of amides is 1. The lowest BCUT2D eigenvalue weighted by atomic mass is 9.91. The minimum atomic E-state index is -0.625. The van der Waals surface area contributed by atoms with Crippen LogP contribution >= 0.6 is 24.0 Å². The van der Waals surface area contributed by atoms with E-state index in [2.05, 4.69) is 10.6 Å². The molecule has 1 aliphatic heterocycles. The summed E-state index contributed by atoms with van der Waals surface area (Å²) in [5.41, 5.74) is 1.89. The summed E-state index contributed by atoms with van der Waals surface area (Å²) in [6.45, 7) is 2.07. The molecule has 2 N–H and O–H groups in total. The number of carbonyl (C=O) groups is 1. The molecule has 0 saturated carbocycles. The Hall–Kier alpha value is -1.62.